The number of H-pyrrole nitrogens is 1. The molecule has 0 saturated heterocycles. The predicted molar refractivity (Wildman–Crippen MR) is 96.2 cm³/mol. The first kappa shape index (κ1) is 18.3. The molecule has 0 radical (unpaired) electrons. The number of hydrogen-bond acceptors (Lipinski definition) is 4. The minimum absolute atomic E-state index is 0.258. The summed E-state index contributed by atoms with van der Waals surface area (Å²) in [6, 6.07) is 8.35. The molecule has 150 valence electrons. The number of sulfonamides is 1. The van der Waals surface area contributed by atoms with Crippen molar-refractivity contribution in [3.8, 4) is 0 Å². The van der Waals surface area contributed by atoms with Crippen LogP contribution in [0.25, 0.3) is 0 Å². The van der Waals surface area contributed by atoms with Gasteiger partial charge in [0, 0.05) is 23.9 Å². The summed E-state index contributed by atoms with van der Waals surface area (Å²) in [5.74, 6) is 0. The van der Waals surface area contributed by atoms with Crippen LogP contribution in [0.4, 0.5) is 13.2 Å². The Morgan fingerprint density at radius 2 is 1.76 bits per heavy atom. The molecule has 0 amide bonds. The summed E-state index contributed by atoms with van der Waals surface area (Å²) >= 11 is 0. The van der Waals surface area contributed by atoms with Crippen LogP contribution in [0.15, 0.2) is 53.7 Å². The van der Waals surface area contributed by atoms with Gasteiger partial charge < -0.3 is 0 Å². The number of halogens is 3. The average molecular weight is 420 g/mol. The molecular weight excluding hydrogens is 405 g/mol. The zero-order chi connectivity index (χ0) is 20.4. The number of hydrogen-bond donors (Lipinski definition) is 1. The summed E-state index contributed by atoms with van der Waals surface area (Å²) < 4.78 is 66.8. The fourth-order valence-corrected chi connectivity index (χ4v) is 5.98. The largest absolute Gasteiger partial charge is 0.433 e. The van der Waals surface area contributed by atoms with Crippen molar-refractivity contribution >= 4 is 10.0 Å². The van der Waals surface area contributed by atoms with E-state index in [0.29, 0.717) is 18.9 Å². The number of nitrogens with zero attached hydrogens (tertiary/aromatic N) is 3. The molecule has 10 heteroatoms. The van der Waals surface area contributed by atoms with E-state index in [-0.39, 0.29) is 4.90 Å². The summed E-state index contributed by atoms with van der Waals surface area (Å²) in [6.07, 6.45) is -1.35. The van der Waals surface area contributed by atoms with E-state index >= 15 is 0 Å². The molecule has 1 aromatic carbocycles. The zero-order valence-corrected chi connectivity index (χ0v) is 15.7. The Morgan fingerprint density at radius 1 is 1.00 bits per heavy atom. The third-order valence-electron chi connectivity index (χ3n) is 5.55. The highest BCUT2D eigenvalue weighted by Gasteiger charge is 2.47. The van der Waals surface area contributed by atoms with Crippen LogP contribution in [0.2, 0.25) is 0 Å². The molecule has 2 unspecified atom stereocenters. The smallest absolute Gasteiger partial charge is 0.282 e. The van der Waals surface area contributed by atoms with Crippen molar-refractivity contribution in [1.29, 1.82) is 0 Å². The molecule has 0 saturated carbocycles. The number of fused-ring (bicyclic) bond motifs is 6. The highest BCUT2D eigenvalue weighted by Crippen LogP contribution is 2.49. The molecule has 1 N–H and O–H groups in total. The van der Waals surface area contributed by atoms with Crippen molar-refractivity contribution in [1.82, 2.24) is 19.5 Å². The van der Waals surface area contributed by atoms with Gasteiger partial charge in [0.15, 0.2) is 0 Å². The molecule has 4 heterocycles. The summed E-state index contributed by atoms with van der Waals surface area (Å²) in [5, 5.41) is 7.02. The van der Waals surface area contributed by atoms with Crippen molar-refractivity contribution in [2.45, 2.75) is 36.0 Å². The lowest BCUT2D eigenvalue weighted by atomic mass is 9.81. The molecule has 2 aliphatic rings. The molecule has 0 spiro atoms. The van der Waals surface area contributed by atoms with Crippen LogP contribution in [-0.2, 0) is 29.0 Å². The number of pyridine rings is 1. The molecule has 5 rings (SSSR count). The van der Waals surface area contributed by atoms with E-state index in [4.69, 9.17) is 0 Å². The first-order valence-corrected chi connectivity index (χ1v) is 10.4. The highest BCUT2D eigenvalue weighted by atomic mass is 32.2. The van der Waals surface area contributed by atoms with Crippen LogP contribution in [0.5, 0.6) is 0 Å². The first-order valence-electron chi connectivity index (χ1n) is 8.93. The van der Waals surface area contributed by atoms with Crippen molar-refractivity contribution < 1.29 is 21.6 Å². The van der Waals surface area contributed by atoms with Crippen LogP contribution in [0, 0.1) is 0 Å². The maximum Gasteiger partial charge on any atom is 0.433 e. The lowest BCUT2D eigenvalue weighted by Gasteiger charge is -2.45. The number of rotatable bonds is 2. The van der Waals surface area contributed by atoms with E-state index in [1.807, 2.05) is 24.3 Å². The minimum atomic E-state index is -4.63. The highest BCUT2D eigenvalue weighted by molar-refractivity contribution is 7.89. The molecule has 2 bridgehead atoms. The number of aromatic nitrogens is 3. The van der Waals surface area contributed by atoms with Crippen molar-refractivity contribution in [2.75, 3.05) is 0 Å². The molecule has 3 aromatic rings. The van der Waals surface area contributed by atoms with Gasteiger partial charge in [0.25, 0.3) is 0 Å². The normalized spacial score (nSPS) is 21.5. The topological polar surface area (TPSA) is 79.0 Å². The maximum absolute atomic E-state index is 13.5. The van der Waals surface area contributed by atoms with Crippen LogP contribution in [-0.4, -0.2) is 27.9 Å². The van der Waals surface area contributed by atoms with Crippen molar-refractivity contribution in [3.05, 3.63) is 76.9 Å². The second-order valence-electron chi connectivity index (χ2n) is 7.15. The zero-order valence-electron chi connectivity index (χ0n) is 14.9. The van der Waals surface area contributed by atoms with E-state index in [2.05, 4.69) is 15.2 Å². The van der Waals surface area contributed by atoms with E-state index in [9.17, 15) is 21.6 Å². The second kappa shape index (κ2) is 6.14. The SMILES string of the molecule is O=S(=O)(c1ccc(C(F)(F)F)nc1)N1C2Cc3[nH]ncc3C1Cc1ccccc12. The molecule has 0 aliphatic carbocycles. The molecule has 2 aliphatic heterocycles. The van der Waals surface area contributed by atoms with Crippen molar-refractivity contribution in [2.24, 2.45) is 0 Å². The number of benzene rings is 1. The van der Waals surface area contributed by atoms with Gasteiger partial charge in [0.1, 0.15) is 10.6 Å². The second-order valence-corrected chi connectivity index (χ2v) is 9.00. The van der Waals surface area contributed by atoms with Gasteiger partial charge in [-0.05, 0) is 29.7 Å². The lowest BCUT2D eigenvalue weighted by Crippen LogP contribution is -2.46. The molecule has 0 fully saturated rings. The van der Waals surface area contributed by atoms with Gasteiger partial charge in [-0.25, -0.2) is 8.42 Å². The molecule has 29 heavy (non-hydrogen) atoms. The predicted octanol–water partition coefficient (Wildman–Crippen LogP) is 3.41. The minimum Gasteiger partial charge on any atom is -0.282 e. The molecule has 2 aromatic heterocycles. The quantitative estimate of drug-likeness (QED) is 0.689. The van der Waals surface area contributed by atoms with Gasteiger partial charge >= 0.3 is 6.18 Å². The van der Waals surface area contributed by atoms with E-state index in [0.717, 1.165) is 34.6 Å². The summed E-state index contributed by atoms with van der Waals surface area (Å²) in [5.41, 5.74) is 2.50. The summed E-state index contributed by atoms with van der Waals surface area (Å²) in [4.78, 5) is 3.08. The Bertz CT molecular complexity index is 1190. The molecule has 6 nitrogen and oxygen atoms in total. The van der Waals surface area contributed by atoms with Gasteiger partial charge in [-0.3, -0.25) is 10.1 Å². The Kier molecular flexibility index (Phi) is 3.88. The standard InChI is InChI=1S/C19H15F3N4O2S/c20-19(21,22)18-6-5-12(9-23-18)29(27,28)26-16-7-11-3-1-2-4-13(11)17(26)8-15-14(16)10-24-25-15/h1-6,9-10,16-17H,7-8H2,(H,24,25). The Labute approximate surface area is 164 Å². The molecular formula is C19H15F3N4O2S. The fraction of sp³-hybridized carbons (Fsp3) is 0.263. The maximum atomic E-state index is 13.5. The fourth-order valence-electron chi connectivity index (χ4n) is 4.27. The number of aromatic amines is 1. The summed E-state index contributed by atoms with van der Waals surface area (Å²) in [6.45, 7) is 0. The average Bonchev–Trinajstić information content (AvgIpc) is 3.15. The van der Waals surface area contributed by atoms with Gasteiger partial charge in [-0.1, -0.05) is 24.3 Å². The van der Waals surface area contributed by atoms with Gasteiger partial charge in [0.2, 0.25) is 10.0 Å². The Balaban J connectivity index is 1.63. The van der Waals surface area contributed by atoms with Crippen LogP contribution in [0.3, 0.4) is 0 Å². The van der Waals surface area contributed by atoms with Crippen LogP contribution in [0.1, 0.15) is 40.2 Å². The number of nitrogens with one attached hydrogen (secondary N) is 1. The van der Waals surface area contributed by atoms with E-state index in [1.165, 1.54) is 4.31 Å². The Morgan fingerprint density at radius 3 is 2.48 bits per heavy atom. The van der Waals surface area contributed by atoms with Gasteiger partial charge in [-0.2, -0.15) is 22.6 Å². The van der Waals surface area contributed by atoms with Crippen LogP contribution < -0.4 is 0 Å². The number of alkyl halides is 3. The third-order valence-corrected chi connectivity index (χ3v) is 7.45. The first-order chi connectivity index (χ1) is 13.8. The van der Waals surface area contributed by atoms with E-state index < -0.39 is 34.0 Å². The van der Waals surface area contributed by atoms with Gasteiger partial charge in [0.05, 0.1) is 18.3 Å². The van der Waals surface area contributed by atoms with Crippen LogP contribution >= 0.6 is 0 Å². The lowest BCUT2D eigenvalue weighted by molar-refractivity contribution is -0.141. The monoisotopic (exact) mass is 420 g/mol. The summed E-state index contributed by atoms with van der Waals surface area (Å²) in [7, 11) is -4.08. The molecule has 2 atom stereocenters. The van der Waals surface area contributed by atoms with E-state index in [1.54, 1.807) is 6.20 Å². The third kappa shape index (κ3) is 2.77. The van der Waals surface area contributed by atoms with Gasteiger partial charge in [-0.15, -0.1) is 0 Å². The Hall–Kier alpha value is -2.72. The van der Waals surface area contributed by atoms with Crippen molar-refractivity contribution in [3.63, 3.8) is 0 Å².